The number of hydrogen-bond acceptors (Lipinski definition) is 6. The van der Waals surface area contributed by atoms with Crippen molar-refractivity contribution in [1.82, 2.24) is 19.7 Å². The first-order valence-electron chi connectivity index (χ1n) is 9.62. The summed E-state index contributed by atoms with van der Waals surface area (Å²) in [6.45, 7) is 3.53. The highest BCUT2D eigenvalue weighted by Gasteiger charge is 2.19. The van der Waals surface area contributed by atoms with E-state index in [1.54, 1.807) is 22.8 Å². The van der Waals surface area contributed by atoms with Crippen LogP contribution >= 0.6 is 23.4 Å². The number of thioether (sulfide) groups is 1. The number of benzene rings is 2. The molecule has 162 valence electrons. The lowest BCUT2D eigenvalue weighted by Crippen LogP contribution is -2.33. The molecule has 1 atom stereocenters. The Bertz CT molecular complexity index is 1060. The quantitative estimate of drug-likeness (QED) is 0.374. The maximum atomic E-state index is 12.4. The Kier molecular flexibility index (Phi) is 7.70. The van der Waals surface area contributed by atoms with E-state index in [1.165, 1.54) is 11.8 Å². The topological polar surface area (TPSA) is 77.3 Å². The van der Waals surface area contributed by atoms with Crippen molar-refractivity contribution in [2.45, 2.75) is 25.0 Å². The molecular formula is C22H23ClN4O3S. The van der Waals surface area contributed by atoms with Crippen LogP contribution in [0.15, 0.2) is 60.0 Å². The monoisotopic (exact) mass is 458 g/mol. The second-order valence-electron chi connectivity index (χ2n) is 6.96. The van der Waals surface area contributed by atoms with Crippen LogP contribution in [-0.2, 0) is 14.3 Å². The number of carbonyl (C=O) groups excluding carboxylic acids is 2. The lowest BCUT2D eigenvalue weighted by atomic mass is 10.1. The zero-order chi connectivity index (χ0) is 22.4. The Morgan fingerprint density at radius 1 is 1.23 bits per heavy atom. The summed E-state index contributed by atoms with van der Waals surface area (Å²) in [5.41, 5.74) is 2.77. The van der Waals surface area contributed by atoms with Gasteiger partial charge in [-0.3, -0.25) is 14.2 Å². The van der Waals surface area contributed by atoms with E-state index in [0.29, 0.717) is 10.2 Å². The van der Waals surface area contributed by atoms with Gasteiger partial charge in [-0.25, -0.2) is 0 Å². The van der Waals surface area contributed by atoms with Crippen LogP contribution in [0.2, 0.25) is 5.02 Å². The molecule has 1 aromatic heterocycles. The van der Waals surface area contributed by atoms with Crippen LogP contribution in [0, 0.1) is 6.92 Å². The highest BCUT2D eigenvalue weighted by atomic mass is 35.5. The smallest absolute Gasteiger partial charge is 0.316 e. The number of ether oxygens (including phenoxy) is 1. The fourth-order valence-corrected chi connectivity index (χ4v) is 3.71. The molecule has 0 bridgehead atoms. The van der Waals surface area contributed by atoms with Gasteiger partial charge >= 0.3 is 5.97 Å². The Balaban J connectivity index is 1.51. The van der Waals surface area contributed by atoms with Crippen molar-refractivity contribution in [3.63, 3.8) is 0 Å². The number of likely N-dealkylation sites (N-methyl/N-ethyl adjacent to an activating group) is 1. The fourth-order valence-electron chi connectivity index (χ4n) is 2.81. The molecule has 9 heteroatoms. The number of hydrogen-bond donors (Lipinski definition) is 0. The molecule has 0 aliphatic heterocycles. The predicted octanol–water partition coefficient (Wildman–Crippen LogP) is 4.08. The van der Waals surface area contributed by atoms with Crippen molar-refractivity contribution in [3.05, 3.63) is 71.0 Å². The van der Waals surface area contributed by atoms with Crippen LogP contribution in [0.5, 0.6) is 0 Å². The summed E-state index contributed by atoms with van der Waals surface area (Å²) >= 11 is 7.37. The highest BCUT2D eigenvalue weighted by Crippen LogP contribution is 2.24. The number of aromatic nitrogens is 3. The third-order valence-electron chi connectivity index (χ3n) is 4.88. The molecule has 0 aliphatic carbocycles. The molecule has 7 nitrogen and oxygen atoms in total. The summed E-state index contributed by atoms with van der Waals surface area (Å²) in [7, 11) is 1.69. The van der Waals surface area contributed by atoms with Crippen LogP contribution in [-0.4, -0.2) is 50.9 Å². The van der Waals surface area contributed by atoms with Gasteiger partial charge in [0, 0.05) is 12.1 Å². The fraction of sp³-hybridized carbons (Fsp3) is 0.273. The highest BCUT2D eigenvalue weighted by molar-refractivity contribution is 7.99. The molecule has 0 N–H and O–H groups in total. The van der Waals surface area contributed by atoms with Crippen molar-refractivity contribution in [2.75, 3.05) is 19.4 Å². The second kappa shape index (κ2) is 10.5. The molecule has 1 heterocycles. The summed E-state index contributed by atoms with van der Waals surface area (Å²) in [6, 6.07) is 15.2. The summed E-state index contributed by atoms with van der Waals surface area (Å²) in [5, 5.41) is 9.12. The van der Waals surface area contributed by atoms with Gasteiger partial charge in [0.05, 0.1) is 17.5 Å². The summed E-state index contributed by atoms with van der Waals surface area (Å²) < 4.78 is 6.90. The average Bonchev–Trinajstić information content (AvgIpc) is 3.26. The molecule has 31 heavy (non-hydrogen) atoms. The number of amides is 1. The minimum atomic E-state index is -0.504. The van der Waals surface area contributed by atoms with Gasteiger partial charge in [0.1, 0.15) is 6.33 Å². The van der Waals surface area contributed by atoms with Crippen LogP contribution < -0.4 is 0 Å². The van der Waals surface area contributed by atoms with Crippen LogP contribution in [0.3, 0.4) is 0 Å². The van der Waals surface area contributed by atoms with Gasteiger partial charge in [0.2, 0.25) is 0 Å². The molecule has 0 aliphatic rings. The van der Waals surface area contributed by atoms with Gasteiger partial charge < -0.3 is 9.64 Å². The number of rotatable bonds is 8. The number of halogens is 1. The molecule has 0 saturated carbocycles. The minimum absolute atomic E-state index is 0.00349. The first kappa shape index (κ1) is 22.8. The third-order valence-corrected chi connectivity index (χ3v) is 6.21. The van der Waals surface area contributed by atoms with Gasteiger partial charge in [0.25, 0.3) is 5.91 Å². The Morgan fingerprint density at radius 2 is 1.97 bits per heavy atom. The largest absolute Gasteiger partial charge is 0.455 e. The first-order chi connectivity index (χ1) is 14.9. The van der Waals surface area contributed by atoms with E-state index in [0.717, 1.165) is 16.8 Å². The zero-order valence-corrected chi connectivity index (χ0v) is 19.1. The predicted molar refractivity (Wildman–Crippen MR) is 120 cm³/mol. The lowest BCUT2D eigenvalue weighted by Gasteiger charge is -2.25. The molecule has 2 aromatic carbocycles. The van der Waals surface area contributed by atoms with Crippen LogP contribution in [0.25, 0.3) is 5.69 Å². The molecule has 3 aromatic rings. The van der Waals surface area contributed by atoms with E-state index < -0.39 is 5.97 Å². The Morgan fingerprint density at radius 3 is 2.68 bits per heavy atom. The molecule has 3 rings (SSSR count). The minimum Gasteiger partial charge on any atom is -0.455 e. The van der Waals surface area contributed by atoms with Gasteiger partial charge in [-0.15, -0.1) is 10.2 Å². The van der Waals surface area contributed by atoms with Gasteiger partial charge in [0.15, 0.2) is 11.8 Å². The summed E-state index contributed by atoms with van der Waals surface area (Å²) in [4.78, 5) is 26.1. The van der Waals surface area contributed by atoms with E-state index >= 15 is 0 Å². The van der Waals surface area contributed by atoms with Crippen molar-refractivity contribution >= 4 is 35.2 Å². The van der Waals surface area contributed by atoms with E-state index in [-0.39, 0.29) is 24.3 Å². The maximum Gasteiger partial charge on any atom is 0.316 e. The number of nitrogens with zero attached hydrogens (tertiary/aromatic N) is 4. The normalized spacial score (nSPS) is 11.7. The Labute approximate surface area is 190 Å². The summed E-state index contributed by atoms with van der Waals surface area (Å²) in [5.74, 6) is -0.772. The SMILES string of the molecule is Cc1ccc(-n2cnnc2SCC(=O)OCC(=O)N(C)C(C)c2ccccc2)cc1Cl. The molecular weight excluding hydrogens is 436 g/mol. The van der Waals surface area contributed by atoms with Gasteiger partial charge in [-0.05, 0) is 37.1 Å². The number of esters is 1. The van der Waals surface area contributed by atoms with E-state index in [1.807, 2.05) is 62.4 Å². The van der Waals surface area contributed by atoms with E-state index in [4.69, 9.17) is 16.3 Å². The van der Waals surface area contributed by atoms with Crippen molar-refractivity contribution in [3.8, 4) is 5.69 Å². The molecule has 1 unspecified atom stereocenters. The first-order valence-corrected chi connectivity index (χ1v) is 11.0. The van der Waals surface area contributed by atoms with Crippen molar-refractivity contribution in [1.29, 1.82) is 0 Å². The number of carbonyl (C=O) groups is 2. The zero-order valence-electron chi connectivity index (χ0n) is 17.5. The van der Waals surface area contributed by atoms with Gasteiger partial charge in [-0.2, -0.15) is 0 Å². The average molecular weight is 459 g/mol. The Hall–Kier alpha value is -2.84. The summed E-state index contributed by atoms with van der Waals surface area (Å²) in [6.07, 6.45) is 1.55. The van der Waals surface area contributed by atoms with Crippen LogP contribution in [0.4, 0.5) is 0 Å². The van der Waals surface area contributed by atoms with E-state index in [2.05, 4.69) is 10.2 Å². The van der Waals surface area contributed by atoms with E-state index in [9.17, 15) is 9.59 Å². The van der Waals surface area contributed by atoms with Crippen molar-refractivity contribution < 1.29 is 14.3 Å². The standard InChI is InChI=1S/C22H23ClN4O3S/c1-15-9-10-18(11-19(15)23)27-14-24-25-22(27)31-13-21(29)30-12-20(28)26(3)16(2)17-7-5-4-6-8-17/h4-11,14,16H,12-13H2,1-3H3. The maximum absolute atomic E-state index is 12.4. The second-order valence-corrected chi connectivity index (χ2v) is 8.31. The van der Waals surface area contributed by atoms with Crippen LogP contribution in [0.1, 0.15) is 24.1 Å². The molecule has 0 fully saturated rings. The molecule has 0 saturated heterocycles. The molecule has 1 amide bonds. The molecule has 0 radical (unpaired) electrons. The third kappa shape index (κ3) is 5.86. The van der Waals surface area contributed by atoms with Gasteiger partial charge in [-0.1, -0.05) is 59.8 Å². The number of aryl methyl sites for hydroxylation is 1. The molecule has 0 spiro atoms. The lowest BCUT2D eigenvalue weighted by molar-refractivity contribution is -0.150. The van der Waals surface area contributed by atoms with Crippen molar-refractivity contribution in [2.24, 2.45) is 0 Å².